The van der Waals surface area contributed by atoms with Crippen molar-refractivity contribution in [2.45, 2.75) is 37.1 Å². The van der Waals surface area contributed by atoms with Crippen LogP contribution in [0.1, 0.15) is 26.2 Å². The molecular formula is C14H20N2O3S. The molecule has 1 aliphatic heterocycles. The quantitative estimate of drug-likeness (QED) is 0.912. The minimum Gasteiger partial charge on any atom is -0.341 e. The van der Waals surface area contributed by atoms with Crippen molar-refractivity contribution in [3.8, 4) is 0 Å². The molecule has 20 heavy (non-hydrogen) atoms. The third-order valence-corrected chi connectivity index (χ3v) is 4.98. The van der Waals surface area contributed by atoms with Crippen molar-refractivity contribution in [2.24, 2.45) is 0 Å². The number of rotatable bonds is 4. The molecule has 1 fully saturated rings. The number of hydrogen-bond acceptors (Lipinski definition) is 3. The molecule has 0 spiro atoms. The highest BCUT2D eigenvalue weighted by atomic mass is 32.2. The number of nitrogens with one attached hydrogen (secondary N) is 1. The summed E-state index contributed by atoms with van der Waals surface area (Å²) in [5, 5.41) is 0. The molecule has 1 N–H and O–H groups in total. The molecule has 1 saturated heterocycles. The molecule has 1 atom stereocenters. The second-order valence-electron chi connectivity index (χ2n) is 5.04. The van der Waals surface area contributed by atoms with Gasteiger partial charge in [-0.3, -0.25) is 4.79 Å². The van der Waals surface area contributed by atoms with Gasteiger partial charge in [0.05, 0.1) is 10.9 Å². The maximum absolute atomic E-state index is 12.2. The van der Waals surface area contributed by atoms with E-state index < -0.39 is 16.1 Å². The first-order valence-electron chi connectivity index (χ1n) is 6.87. The van der Waals surface area contributed by atoms with Gasteiger partial charge in [-0.2, -0.15) is 4.72 Å². The van der Waals surface area contributed by atoms with Crippen LogP contribution in [0.2, 0.25) is 0 Å². The zero-order chi connectivity index (χ0) is 14.6. The lowest BCUT2D eigenvalue weighted by Crippen LogP contribution is -2.48. The van der Waals surface area contributed by atoms with E-state index in [1.54, 1.807) is 30.0 Å². The fourth-order valence-electron chi connectivity index (χ4n) is 2.34. The number of likely N-dealkylation sites (tertiary alicyclic amines) is 1. The minimum absolute atomic E-state index is 0.149. The average molecular weight is 296 g/mol. The summed E-state index contributed by atoms with van der Waals surface area (Å²) in [5.74, 6) is -0.149. The Morgan fingerprint density at radius 2 is 1.75 bits per heavy atom. The van der Waals surface area contributed by atoms with Gasteiger partial charge in [0.25, 0.3) is 0 Å². The monoisotopic (exact) mass is 296 g/mol. The van der Waals surface area contributed by atoms with E-state index >= 15 is 0 Å². The molecule has 1 aliphatic rings. The van der Waals surface area contributed by atoms with E-state index in [1.165, 1.54) is 12.1 Å². The zero-order valence-corrected chi connectivity index (χ0v) is 12.4. The lowest BCUT2D eigenvalue weighted by molar-refractivity contribution is -0.133. The van der Waals surface area contributed by atoms with Crippen molar-refractivity contribution in [2.75, 3.05) is 13.1 Å². The summed E-state index contributed by atoms with van der Waals surface area (Å²) < 4.78 is 26.7. The number of carbonyl (C=O) groups is 1. The summed E-state index contributed by atoms with van der Waals surface area (Å²) in [4.78, 5) is 14.1. The fourth-order valence-corrected chi connectivity index (χ4v) is 3.56. The Morgan fingerprint density at radius 1 is 1.15 bits per heavy atom. The summed E-state index contributed by atoms with van der Waals surface area (Å²) in [6.45, 7) is 3.03. The molecule has 1 aromatic rings. The maximum Gasteiger partial charge on any atom is 0.241 e. The van der Waals surface area contributed by atoms with Crippen molar-refractivity contribution in [1.29, 1.82) is 0 Å². The van der Waals surface area contributed by atoms with Gasteiger partial charge in [0.2, 0.25) is 15.9 Å². The SMILES string of the molecule is C[C@H](NS(=O)(=O)c1ccccc1)C(=O)N1CCCCC1. The summed E-state index contributed by atoms with van der Waals surface area (Å²) in [6, 6.07) is 7.36. The summed E-state index contributed by atoms with van der Waals surface area (Å²) in [5.41, 5.74) is 0. The third kappa shape index (κ3) is 3.58. The predicted molar refractivity (Wildman–Crippen MR) is 76.7 cm³/mol. The second-order valence-corrected chi connectivity index (χ2v) is 6.76. The number of amides is 1. The van der Waals surface area contributed by atoms with Gasteiger partial charge in [-0.05, 0) is 38.3 Å². The topological polar surface area (TPSA) is 66.5 Å². The lowest BCUT2D eigenvalue weighted by Gasteiger charge is -2.29. The molecule has 1 aromatic carbocycles. The van der Waals surface area contributed by atoms with Gasteiger partial charge in [-0.25, -0.2) is 8.42 Å². The Balaban J connectivity index is 2.03. The normalized spacial score (nSPS) is 17.8. The Bertz CT molecular complexity index is 551. The van der Waals surface area contributed by atoms with Crippen LogP contribution in [0.25, 0.3) is 0 Å². The van der Waals surface area contributed by atoms with Gasteiger partial charge in [-0.15, -0.1) is 0 Å². The van der Waals surface area contributed by atoms with E-state index in [2.05, 4.69) is 4.72 Å². The van der Waals surface area contributed by atoms with Gasteiger partial charge in [0.1, 0.15) is 0 Å². The Morgan fingerprint density at radius 3 is 2.35 bits per heavy atom. The smallest absolute Gasteiger partial charge is 0.241 e. The highest BCUT2D eigenvalue weighted by Gasteiger charge is 2.26. The molecule has 6 heteroatoms. The van der Waals surface area contributed by atoms with Gasteiger partial charge in [-0.1, -0.05) is 18.2 Å². The number of nitrogens with zero attached hydrogens (tertiary/aromatic N) is 1. The molecular weight excluding hydrogens is 276 g/mol. The highest BCUT2D eigenvalue weighted by Crippen LogP contribution is 2.12. The van der Waals surface area contributed by atoms with E-state index in [0.717, 1.165) is 32.4 Å². The van der Waals surface area contributed by atoms with E-state index in [-0.39, 0.29) is 10.8 Å². The first-order valence-corrected chi connectivity index (χ1v) is 8.35. The van der Waals surface area contributed by atoms with Crippen LogP contribution in [-0.4, -0.2) is 38.4 Å². The van der Waals surface area contributed by atoms with Gasteiger partial charge in [0.15, 0.2) is 0 Å². The molecule has 5 nitrogen and oxygen atoms in total. The van der Waals surface area contributed by atoms with Crippen LogP contribution in [0.15, 0.2) is 35.2 Å². The van der Waals surface area contributed by atoms with Gasteiger partial charge >= 0.3 is 0 Å². The first-order chi connectivity index (χ1) is 9.50. The number of sulfonamides is 1. The van der Waals surface area contributed by atoms with E-state index in [4.69, 9.17) is 0 Å². The van der Waals surface area contributed by atoms with Crippen molar-refractivity contribution in [3.63, 3.8) is 0 Å². The summed E-state index contributed by atoms with van der Waals surface area (Å²) in [7, 11) is -3.64. The molecule has 0 unspecified atom stereocenters. The lowest BCUT2D eigenvalue weighted by atomic mass is 10.1. The third-order valence-electron chi connectivity index (χ3n) is 3.42. The fraction of sp³-hybridized carbons (Fsp3) is 0.500. The minimum atomic E-state index is -3.64. The number of benzene rings is 1. The predicted octanol–water partition coefficient (Wildman–Crippen LogP) is 1.37. The van der Waals surface area contributed by atoms with Crippen LogP contribution in [0.4, 0.5) is 0 Å². The number of piperidine rings is 1. The van der Waals surface area contributed by atoms with E-state index in [1.807, 2.05) is 0 Å². The molecule has 1 heterocycles. The molecule has 0 bridgehead atoms. The Labute approximate surface area is 120 Å². The number of hydrogen-bond donors (Lipinski definition) is 1. The summed E-state index contributed by atoms with van der Waals surface area (Å²) >= 11 is 0. The number of carbonyl (C=O) groups excluding carboxylic acids is 1. The van der Waals surface area contributed by atoms with Crippen molar-refractivity contribution < 1.29 is 13.2 Å². The van der Waals surface area contributed by atoms with Crippen molar-refractivity contribution >= 4 is 15.9 Å². The molecule has 2 rings (SSSR count). The molecule has 0 aliphatic carbocycles. The standard InChI is InChI=1S/C14H20N2O3S/c1-12(14(17)16-10-6-3-7-11-16)15-20(18,19)13-8-4-2-5-9-13/h2,4-5,8-9,12,15H,3,6-7,10-11H2,1H3/t12-/m0/s1. The van der Waals surface area contributed by atoms with Crippen LogP contribution in [0, 0.1) is 0 Å². The molecule has 0 radical (unpaired) electrons. The second kappa shape index (κ2) is 6.37. The van der Waals surface area contributed by atoms with Crippen molar-refractivity contribution in [3.05, 3.63) is 30.3 Å². The maximum atomic E-state index is 12.2. The van der Waals surface area contributed by atoms with Gasteiger partial charge < -0.3 is 4.90 Å². The van der Waals surface area contributed by atoms with Crippen LogP contribution < -0.4 is 4.72 Å². The zero-order valence-electron chi connectivity index (χ0n) is 11.6. The Hall–Kier alpha value is -1.40. The first kappa shape index (κ1) is 15.0. The Kier molecular flexibility index (Phi) is 4.77. The highest BCUT2D eigenvalue weighted by molar-refractivity contribution is 7.89. The molecule has 0 saturated carbocycles. The molecule has 110 valence electrons. The van der Waals surface area contributed by atoms with Crippen LogP contribution in [-0.2, 0) is 14.8 Å². The van der Waals surface area contributed by atoms with Gasteiger partial charge in [0, 0.05) is 13.1 Å². The van der Waals surface area contributed by atoms with Crippen LogP contribution >= 0.6 is 0 Å². The largest absolute Gasteiger partial charge is 0.341 e. The van der Waals surface area contributed by atoms with Crippen LogP contribution in [0.5, 0.6) is 0 Å². The summed E-state index contributed by atoms with van der Waals surface area (Å²) in [6.07, 6.45) is 3.11. The van der Waals surface area contributed by atoms with Crippen molar-refractivity contribution in [1.82, 2.24) is 9.62 Å². The van der Waals surface area contributed by atoms with E-state index in [0.29, 0.717) is 0 Å². The van der Waals surface area contributed by atoms with Crippen LogP contribution in [0.3, 0.4) is 0 Å². The molecule has 0 aromatic heterocycles. The molecule has 1 amide bonds. The average Bonchev–Trinajstić information content (AvgIpc) is 2.48. The van der Waals surface area contributed by atoms with E-state index in [9.17, 15) is 13.2 Å².